The van der Waals surface area contributed by atoms with E-state index in [1.807, 2.05) is 6.92 Å². The van der Waals surface area contributed by atoms with Gasteiger partial charge >= 0.3 is 5.97 Å². The quantitative estimate of drug-likeness (QED) is 0.583. The van der Waals surface area contributed by atoms with Crippen LogP contribution in [0.25, 0.3) is 0 Å². The normalized spacial score (nSPS) is 20.8. The number of carbonyl (C=O) groups excluding carboxylic acids is 2. The van der Waals surface area contributed by atoms with Gasteiger partial charge in [0.15, 0.2) is 0 Å². The predicted molar refractivity (Wildman–Crippen MR) is 68.2 cm³/mol. The molecule has 7 heteroatoms. The van der Waals surface area contributed by atoms with Gasteiger partial charge in [0.1, 0.15) is 6.04 Å². The van der Waals surface area contributed by atoms with Crippen molar-refractivity contribution in [2.75, 3.05) is 19.6 Å². The number of carbonyl (C=O) groups is 3. The van der Waals surface area contributed by atoms with Gasteiger partial charge in [-0.25, -0.2) is 0 Å². The summed E-state index contributed by atoms with van der Waals surface area (Å²) < 4.78 is 0. The average Bonchev–Trinajstić information content (AvgIpc) is 2.37. The van der Waals surface area contributed by atoms with Crippen LogP contribution in [0.2, 0.25) is 0 Å². The van der Waals surface area contributed by atoms with E-state index in [2.05, 4.69) is 5.32 Å². The minimum Gasteiger partial charge on any atom is -0.481 e. The SMILES string of the molecule is CCC(CN)CC(=O)N1CCNC(=O)C1CC(=O)O. The molecule has 0 aliphatic carbocycles. The van der Waals surface area contributed by atoms with Crippen molar-refractivity contribution in [3.8, 4) is 0 Å². The minimum absolute atomic E-state index is 0.0722. The Kier molecular flexibility index (Phi) is 5.75. The van der Waals surface area contributed by atoms with Crippen LogP contribution in [0, 0.1) is 5.92 Å². The van der Waals surface area contributed by atoms with Gasteiger partial charge in [-0.2, -0.15) is 0 Å². The zero-order chi connectivity index (χ0) is 14.4. The number of amides is 2. The van der Waals surface area contributed by atoms with E-state index in [0.29, 0.717) is 19.6 Å². The van der Waals surface area contributed by atoms with Gasteiger partial charge in [-0.15, -0.1) is 0 Å². The fraction of sp³-hybridized carbons (Fsp3) is 0.750. The Morgan fingerprint density at radius 1 is 1.58 bits per heavy atom. The van der Waals surface area contributed by atoms with Crippen LogP contribution in [-0.4, -0.2) is 53.5 Å². The fourth-order valence-electron chi connectivity index (χ4n) is 2.14. The fourth-order valence-corrected chi connectivity index (χ4v) is 2.14. The highest BCUT2D eigenvalue weighted by Gasteiger charge is 2.34. The van der Waals surface area contributed by atoms with Crippen LogP contribution >= 0.6 is 0 Å². The van der Waals surface area contributed by atoms with Crippen molar-refractivity contribution >= 4 is 17.8 Å². The molecule has 1 aliphatic heterocycles. The molecule has 1 rings (SSSR count). The lowest BCUT2D eigenvalue weighted by molar-refractivity contribution is -0.149. The van der Waals surface area contributed by atoms with E-state index in [1.165, 1.54) is 4.90 Å². The van der Waals surface area contributed by atoms with Gasteiger partial charge in [0.25, 0.3) is 0 Å². The summed E-state index contributed by atoms with van der Waals surface area (Å²) in [6, 6.07) is -0.908. The molecular formula is C12H21N3O4. The third-order valence-electron chi connectivity index (χ3n) is 3.39. The second-order valence-electron chi connectivity index (χ2n) is 4.71. The van der Waals surface area contributed by atoms with Crippen LogP contribution < -0.4 is 11.1 Å². The van der Waals surface area contributed by atoms with Crippen LogP contribution in [0.4, 0.5) is 0 Å². The number of rotatable bonds is 6. The Hall–Kier alpha value is -1.63. The Balaban J connectivity index is 2.73. The molecule has 0 aromatic heterocycles. The summed E-state index contributed by atoms with van der Waals surface area (Å²) in [4.78, 5) is 36.0. The molecule has 0 aromatic carbocycles. The van der Waals surface area contributed by atoms with Gasteiger partial charge in [0.05, 0.1) is 6.42 Å². The summed E-state index contributed by atoms with van der Waals surface area (Å²) in [5.41, 5.74) is 5.56. The van der Waals surface area contributed by atoms with Gasteiger partial charge in [-0.3, -0.25) is 14.4 Å². The molecule has 4 N–H and O–H groups in total. The van der Waals surface area contributed by atoms with Crippen molar-refractivity contribution in [1.82, 2.24) is 10.2 Å². The third kappa shape index (κ3) is 4.20. The van der Waals surface area contributed by atoms with E-state index in [9.17, 15) is 14.4 Å². The van der Waals surface area contributed by atoms with E-state index in [1.54, 1.807) is 0 Å². The van der Waals surface area contributed by atoms with Crippen molar-refractivity contribution in [2.45, 2.75) is 32.2 Å². The summed E-state index contributed by atoms with van der Waals surface area (Å²) in [6.07, 6.45) is 0.680. The predicted octanol–water partition coefficient (Wildman–Crippen LogP) is -0.837. The van der Waals surface area contributed by atoms with Crippen molar-refractivity contribution in [2.24, 2.45) is 11.7 Å². The first-order valence-electron chi connectivity index (χ1n) is 6.48. The Morgan fingerprint density at radius 3 is 2.79 bits per heavy atom. The highest BCUT2D eigenvalue weighted by Crippen LogP contribution is 2.15. The maximum atomic E-state index is 12.2. The molecule has 0 radical (unpaired) electrons. The molecule has 0 bridgehead atoms. The highest BCUT2D eigenvalue weighted by atomic mass is 16.4. The molecule has 1 fully saturated rings. The first-order chi connectivity index (χ1) is 8.99. The summed E-state index contributed by atoms with van der Waals surface area (Å²) >= 11 is 0. The molecule has 108 valence electrons. The number of piperazine rings is 1. The molecule has 0 saturated carbocycles. The number of carboxylic acids is 1. The van der Waals surface area contributed by atoms with Gasteiger partial charge in [0.2, 0.25) is 11.8 Å². The molecule has 19 heavy (non-hydrogen) atoms. The second-order valence-corrected chi connectivity index (χ2v) is 4.71. The monoisotopic (exact) mass is 271 g/mol. The smallest absolute Gasteiger partial charge is 0.305 e. The van der Waals surface area contributed by atoms with Crippen LogP contribution in [0.3, 0.4) is 0 Å². The number of hydrogen-bond acceptors (Lipinski definition) is 4. The number of nitrogens with two attached hydrogens (primary N) is 1. The minimum atomic E-state index is -1.09. The molecule has 1 aliphatic rings. The van der Waals surface area contributed by atoms with Crippen molar-refractivity contribution in [3.05, 3.63) is 0 Å². The van der Waals surface area contributed by atoms with E-state index >= 15 is 0 Å². The maximum Gasteiger partial charge on any atom is 0.305 e. The number of hydrogen-bond donors (Lipinski definition) is 3. The first kappa shape index (κ1) is 15.4. The molecule has 1 heterocycles. The van der Waals surface area contributed by atoms with Crippen LogP contribution in [-0.2, 0) is 14.4 Å². The molecule has 2 atom stereocenters. The van der Waals surface area contributed by atoms with Gasteiger partial charge < -0.3 is 21.1 Å². The maximum absolute atomic E-state index is 12.2. The zero-order valence-corrected chi connectivity index (χ0v) is 11.1. The van der Waals surface area contributed by atoms with Crippen molar-refractivity contribution in [3.63, 3.8) is 0 Å². The Morgan fingerprint density at radius 2 is 2.26 bits per heavy atom. The van der Waals surface area contributed by atoms with E-state index in [0.717, 1.165) is 6.42 Å². The highest BCUT2D eigenvalue weighted by molar-refractivity contribution is 5.91. The van der Waals surface area contributed by atoms with Gasteiger partial charge in [-0.1, -0.05) is 13.3 Å². The van der Waals surface area contributed by atoms with E-state index in [-0.39, 0.29) is 24.7 Å². The van der Waals surface area contributed by atoms with Crippen molar-refractivity contribution < 1.29 is 19.5 Å². The topological polar surface area (TPSA) is 113 Å². The molecule has 1 saturated heterocycles. The summed E-state index contributed by atoms with van der Waals surface area (Å²) in [5.74, 6) is -1.62. The number of carboxylic acid groups (broad SMARTS) is 1. The lowest BCUT2D eigenvalue weighted by atomic mass is 10.00. The largest absolute Gasteiger partial charge is 0.481 e. The van der Waals surface area contributed by atoms with Gasteiger partial charge in [0, 0.05) is 19.5 Å². The third-order valence-corrected chi connectivity index (χ3v) is 3.39. The second kappa shape index (κ2) is 7.08. The molecular weight excluding hydrogens is 250 g/mol. The first-order valence-corrected chi connectivity index (χ1v) is 6.48. The van der Waals surface area contributed by atoms with E-state index < -0.39 is 17.9 Å². The number of aliphatic carboxylic acids is 1. The summed E-state index contributed by atoms with van der Waals surface area (Å²) in [5, 5.41) is 11.4. The molecule has 2 unspecified atom stereocenters. The van der Waals surface area contributed by atoms with E-state index in [4.69, 9.17) is 10.8 Å². The number of nitrogens with one attached hydrogen (secondary N) is 1. The molecule has 2 amide bonds. The van der Waals surface area contributed by atoms with Crippen molar-refractivity contribution in [1.29, 1.82) is 0 Å². The van der Waals surface area contributed by atoms with Crippen LogP contribution in [0.1, 0.15) is 26.2 Å². The standard InChI is InChI=1S/C12H21N3O4/c1-2-8(7-13)5-10(16)15-4-3-14-12(19)9(15)6-11(17)18/h8-9H,2-7,13H2,1H3,(H,14,19)(H,17,18). The molecule has 7 nitrogen and oxygen atoms in total. The zero-order valence-electron chi connectivity index (χ0n) is 11.1. The lowest BCUT2D eigenvalue weighted by Gasteiger charge is -2.35. The van der Waals surface area contributed by atoms with Gasteiger partial charge in [-0.05, 0) is 12.5 Å². The van der Waals surface area contributed by atoms with Crippen LogP contribution in [0.15, 0.2) is 0 Å². The lowest BCUT2D eigenvalue weighted by Crippen LogP contribution is -2.58. The Bertz CT molecular complexity index is 355. The summed E-state index contributed by atoms with van der Waals surface area (Å²) in [6.45, 7) is 3.07. The number of nitrogens with zero attached hydrogens (tertiary/aromatic N) is 1. The molecule has 0 aromatic rings. The molecule has 0 spiro atoms. The summed E-state index contributed by atoms with van der Waals surface area (Å²) in [7, 11) is 0. The average molecular weight is 271 g/mol. The Labute approximate surface area is 112 Å². The van der Waals surface area contributed by atoms with Crippen LogP contribution in [0.5, 0.6) is 0 Å².